The highest BCUT2D eigenvalue weighted by Crippen LogP contribution is 2.29. The molecule has 11 nitrogen and oxygen atoms in total. The number of pyridine rings is 1. The number of rotatable bonds is 6. The van der Waals surface area contributed by atoms with Gasteiger partial charge in [0.1, 0.15) is 17.9 Å². The van der Waals surface area contributed by atoms with Gasteiger partial charge >= 0.3 is 0 Å². The zero-order valence-corrected chi connectivity index (χ0v) is 20.4. The quantitative estimate of drug-likeness (QED) is 0.503. The third-order valence-electron chi connectivity index (χ3n) is 6.16. The molecule has 0 radical (unpaired) electrons. The van der Waals surface area contributed by atoms with Crippen LogP contribution < -0.4 is 20.5 Å². The summed E-state index contributed by atoms with van der Waals surface area (Å²) in [4.78, 5) is 44.9. The molecule has 0 spiro atoms. The van der Waals surface area contributed by atoms with E-state index in [-0.39, 0.29) is 23.4 Å². The molecule has 1 fully saturated rings. The standard InChI is InChI=1S/C25H28N6O5/c1-14(2)13-30-23-17(8-9-19(32)29-11-12-36-22-18(29)5-4-10-26-22)15(3)28-31(23)25(35)20(24(30)34)21(33)27-16-6-7-16/h4-5,8-10,14,16,34H,6-7,11-13H2,1-3H3,(H,27,33)/b9-8+. The van der Waals surface area contributed by atoms with Gasteiger partial charge in [-0.3, -0.25) is 19.0 Å². The number of amides is 2. The van der Waals surface area contributed by atoms with Gasteiger partial charge in [0.25, 0.3) is 17.4 Å². The molecule has 5 rings (SSSR count). The Bertz CT molecular complexity index is 1450. The summed E-state index contributed by atoms with van der Waals surface area (Å²) >= 11 is 0. The molecule has 1 aliphatic carbocycles. The molecule has 3 aromatic heterocycles. The number of nitrogens with zero attached hydrogens (tertiary/aromatic N) is 5. The number of anilines is 1. The molecule has 2 aliphatic rings. The van der Waals surface area contributed by atoms with Crippen LogP contribution >= 0.6 is 0 Å². The molecule has 4 heterocycles. The second kappa shape index (κ2) is 9.14. The molecule has 2 N–H and O–H groups in total. The van der Waals surface area contributed by atoms with Gasteiger partial charge in [-0.05, 0) is 43.9 Å². The van der Waals surface area contributed by atoms with Gasteiger partial charge in [0.15, 0.2) is 5.56 Å². The molecule has 188 valence electrons. The van der Waals surface area contributed by atoms with Crippen LogP contribution in [0.1, 0.15) is 48.3 Å². The minimum absolute atomic E-state index is 0.0231. The summed E-state index contributed by atoms with van der Waals surface area (Å²) in [5.74, 6) is -0.820. The largest absolute Gasteiger partial charge is 0.494 e. The number of carbonyl (C=O) groups is 2. The molecule has 0 saturated heterocycles. The van der Waals surface area contributed by atoms with E-state index in [1.807, 2.05) is 13.8 Å². The highest BCUT2D eigenvalue weighted by molar-refractivity contribution is 6.05. The number of ether oxygens (including phenoxy) is 1. The number of fused-ring (bicyclic) bond motifs is 2. The summed E-state index contributed by atoms with van der Waals surface area (Å²) in [6, 6.07) is 3.52. The highest BCUT2D eigenvalue weighted by atomic mass is 16.5. The first-order chi connectivity index (χ1) is 17.3. The maximum absolute atomic E-state index is 13.3. The van der Waals surface area contributed by atoms with E-state index in [0.717, 1.165) is 17.4 Å². The van der Waals surface area contributed by atoms with E-state index >= 15 is 0 Å². The maximum Gasteiger partial charge on any atom is 0.291 e. The van der Waals surface area contributed by atoms with Gasteiger partial charge in [0, 0.05) is 30.4 Å². The normalized spacial score (nSPS) is 15.4. The van der Waals surface area contributed by atoms with Gasteiger partial charge in [-0.1, -0.05) is 13.8 Å². The lowest BCUT2D eigenvalue weighted by Gasteiger charge is -2.27. The number of aromatic nitrogens is 4. The molecule has 0 unspecified atom stereocenters. The molecule has 0 aromatic carbocycles. The van der Waals surface area contributed by atoms with Crippen LogP contribution in [0.4, 0.5) is 5.69 Å². The van der Waals surface area contributed by atoms with E-state index in [9.17, 15) is 19.5 Å². The van der Waals surface area contributed by atoms with E-state index in [4.69, 9.17) is 4.74 Å². The van der Waals surface area contributed by atoms with E-state index in [1.54, 1.807) is 36.2 Å². The SMILES string of the molecule is Cc1nn2c(=O)c(C(=O)NC3CC3)c(O)n(CC(C)C)c2c1/C=C/C(=O)N1CCOc2ncccc21. The van der Waals surface area contributed by atoms with Crippen LogP contribution in [-0.2, 0) is 11.3 Å². The Hall–Kier alpha value is -4.15. The maximum atomic E-state index is 13.3. The second-order valence-corrected chi connectivity index (χ2v) is 9.49. The zero-order chi connectivity index (χ0) is 25.6. The monoisotopic (exact) mass is 492 g/mol. The summed E-state index contributed by atoms with van der Waals surface area (Å²) in [6.45, 7) is 6.67. The lowest BCUT2D eigenvalue weighted by Crippen LogP contribution is -2.37. The Labute approximate surface area is 207 Å². The summed E-state index contributed by atoms with van der Waals surface area (Å²) < 4.78 is 8.18. The minimum atomic E-state index is -0.706. The van der Waals surface area contributed by atoms with Crippen molar-refractivity contribution in [2.75, 3.05) is 18.1 Å². The second-order valence-electron chi connectivity index (χ2n) is 9.49. The zero-order valence-electron chi connectivity index (χ0n) is 20.4. The number of nitrogens with one attached hydrogen (secondary N) is 1. The van der Waals surface area contributed by atoms with Crippen molar-refractivity contribution in [1.82, 2.24) is 24.5 Å². The molecule has 11 heteroatoms. The lowest BCUT2D eigenvalue weighted by molar-refractivity contribution is -0.114. The van der Waals surface area contributed by atoms with E-state index in [2.05, 4.69) is 15.4 Å². The van der Waals surface area contributed by atoms with Crippen LogP contribution in [0.25, 0.3) is 11.7 Å². The fourth-order valence-corrected chi connectivity index (χ4v) is 4.31. The predicted octanol–water partition coefficient (Wildman–Crippen LogP) is 1.89. The van der Waals surface area contributed by atoms with Crippen LogP contribution in [0.2, 0.25) is 0 Å². The average Bonchev–Trinajstić information content (AvgIpc) is 3.60. The summed E-state index contributed by atoms with van der Waals surface area (Å²) in [6.07, 6.45) is 6.29. The third kappa shape index (κ3) is 4.21. The molecule has 0 atom stereocenters. The first-order valence-corrected chi connectivity index (χ1v) is 12.0. The molecule has 0 bridgehead atoms. The molecule has 36 heavy (non-hydrogen) atoms. The summed E-state index contributed by atoms with van der Waals surface area (Å²) in [7, 11) is 0. The molecule has 1 aliphatic heterocycles. The van der Waals surface area contributed by atoms with Crippen molar-refractivity contribution < 1.29 is 19.4 Å². The van der Waals surface area contributed by atoms with Crippen molar-refractivity contribution >= 4 is 29.2 Å². The third-order valence-corrected chi connectivity index (χ3v) is 6.16. The van der Waals surface area contributed by atoms with Crippen molar-refractivity contribution in [3.05, 3.63) is 51.6 Å². The van der Waals surface area contributed by atoms with Gasteiger partial charge in [0.05, 0.1) is 12.2 Å². The van der Waals surface area contributed by atoms with Crippen LogP contribution in [0.3, 0.4) is 0 Å². The smallest absolute Gasteiger partial charge is 0.291 e. The van der Waals surface area contributed by atoms with E-state index in [1.165, 1.54) is 10.6 Å². The number of carbonyl (C=O) groups excluding carboxylic acids is 2. The molecule has 1 saturated carbocycles. The van der Waals surface area contributed by atoms with Crippen LogP contribution in [0.5, 0.6) is 11.8 Å². The van der Waals surface area contributed by atoms with Gasteiger partial charge in [0.2, 0.25) is 11.8 Å². The van der Waals surface area contributed by atoms with Crippen molar-refractivity contribution in [3.63, 3.8) is 0 Å². The topological polar surface area (TPSA) is 131 Å². The van der Waals surface area contributed by atoms with Crippen molar-refractivity contribution in [2.24, 2.45) is 5.92 Å². The number of hydrogen-bond donors (Lipinski definition) is 2. The number of hydrogen-bond acceptors (Lipinski definition) is 7. The molecular formula is C25H28N6O5. The minimum Gasteiger partial charge on any atom is -0.494 e. The van der Waals surface area contributed by atoms with Crippen molar-refractivity contribution in [2.45, 2.75) is 46.2 Å². The predicted molar refractivity (Wildman–Crippen MR) is 132 cm³/mol. The number of aryl methyl sites for hydroxylation is 1. The lowest BCUT2D eigenvalue weighted by atomic mass is 10.1. The summed E-state index contributed by atoms with van der Waals surface area (Å²) in [5, 5.41) is 18.2. The van der Waals surface area contributed by atoms with Gasteiger partial charge in [-0.15, -0.1) is 0 Å². The van der Waals surface area contributed by atoms with Gasteiger partial charge in [-0.2, -0.15) is 9.61 Å². The molecule has 2 amide bonds. The first-order valence-electron chi connectivity index (χ1n) is 12.0. The first kappa shape index (κ1) is 23.6. The Morgan fingerprint density at radius 2 is 2.11 bits per heavy atom. The average molecular weight is 493 g/mol. The fraction of sp³-hybridized carbons (Fsp3) is 0.400. The Morgan fingerprint density at radius 3 is 2.83 bits per heavy atom. The number of aromatic hydroxyl groups is 1. The van der Waals surface area contributed by atoms with Crippen molar-refractivity contribution in [1.29, 1.82) is 0 Å². The van der Waals surface area contributed by atoms with Gasteiger partial charge < -0.3 is 20.1 Å². The Balaban J connectivity index is 1.58. The molecule has 3 aromatic rings. The van der Waals surface area contributed by atoms with Crippen LogP contribution in [-0.4, -0.2) is 55.3 Å². The van der Waals surface area contributed by atoms with Crippen molar-refractivity contribution in [3.8, 4) is 11.8 Å². The summed E-state index contributed by atoms with van der Waals surface area (Å²) in [5.41, 5.74) is 0.849. The Morgan fingerprint density at radius 1 is 1.33 bits per heavy atom. The van der Waals surface area contributed by atoms with Crippen LogP contribution in [0.15, 0.2) is 29.2 Å². The van der Waals surface area contributed by atoms with E-state index < -0.39 is 17.3 Å². The fourth-order valence-electron chi connectivity index (χ4n) is 4.31. The highest BCUT2D eigenvalue weighted by Gasteiger charge is 2.30. The Kier molecular flexibility index (Phi) is 5.99. The van der Waals surface area contributed by atoms with Crippen LogP contribution in [0, 0.1) is 12.8 Å². The van der Waals surface area contributed by atoms with E-state index in [0.29, 0.717) is 48.2 Å². The van der Waals surface area contributed by atoms with Gasteiger partial charge in [-0.25, -0.2) is 4.98 Å². The molecular weight excluding hydrogens is 464 g/mol.